The highest BCUT2D eigenvalue weighted by Gasteiger charge is 2.31. The number of benzene rings is 2. The molecule has 0 spiro atoms. The van der Waals surface area contributed by atoms with Crippen molar-refractivity contribution in [3.8, 4) is 5.69 Å². The molecule has 0 atom stereocenters. The molecular weight excluding hydrogens is 394 g/mol. The SMILES string of the molecule is O=C(CSc1nnc(C2CC2)n1-c1ccccc1)c1cc2cc(Cl)ccc2o1. The number of fused-ring (bicyclic) bond motifs is 1. The molecule has 0 amide bonds. The van der Waals surface area contributed by atoms with Crippen LogP contribution >= 0.6 is 23.4 Å². The van der Waals surface area contributed by atoms with Crippen molar-refractivity contribution in [3.05, 3.63) is 71.2 Å². The normalized spacial score (nSPS) is 13.9. The summed E-state index contributed by atoms with van der Waals surface area (Å²) in [7, 11) is 0. The lowest BCUT2D eigenvalue weighted by atomic mass is 10.2. The van der Waals surface area contributed by atoms with E-state index in [1.165, 1.54) is 11.8 Å². The molecule has 2 aromatic carbocycles. The Morgan fingerprint density at radius 2 is 1.96 bits per heavy atom. The largest absolute Gasteiger partial charge is 0.453 e. The summed E-state index contributed by atoms with van der Waals surface area (Å²) in [5, 5.41) is 10.9. The fourth-order valence-corrected chi connectivity index (χ4v) is 4.16. The van der Waals surface area contributed by atoms with E-state index in [-0.39, 0.29) is 11.5 Å². The Hall–Kier alpha value is -2.57. The van der Waals surface area contributed by atoms with Crippen molar-refractivity contribution in [1.29, 1.82) is 0 Å². The average Bonchev–Trinajstić information content (AvgIpc) is 3.33. The summed E-state index contributed by atoms with van der Waals surface area (Å²) in [6.07, 6.45) is 2.27. The summed E-state index contributed by atoms with van der Waals surface area (Å²) in [5.74, 6) is 1.90. The summed E-state index contributed by atoms with van der Waals surface area (Å²) < 4.78 is 7.74. The number of Topliss-reactive ketones (excluding diaryl/α,β-unsaturated/α-hetero) is 1. The molecule has 5 nitrogen and oxygen atoms in total. The number of halogens is 1. The number of para-hydroxylation sites is 1. The quantitative estimate of drug-likeness (QED) is 0.310. The van der Waals surface area contributed by atoms with E-state index >= 15 is 0 Å². The zero-order chi connectivity index (χ0) is 19.1. The minimum Gasteiger partial charge on any atom is -0.453 e. The van der Waals surface area contributed by atoms with Crippen LogP contribution in [0, 0.1) is 0 Å². The van der Waals surface area contributed by atoms with E-state index < -0.39 is 0 Å². The summed E-state index contributed by atoms with van der Waals surface area (Å²) in [5.41, 5.74) is 1.67. The van der Waals surface area contributed by atoms with Crippen LogP contribution < -0.4 is 0 Å². The number of nitrogens with zero attached hydrogens (tertiary/aromatic N) is 3. The van der Waals surface area contributed by atoms with Crippen LogP contribution in [0.25, 0.3) is 16.7 Å². The number of aromatic nitrogens is 3. The molecule has 1 saturated carbocycles. The zero-order valence-corrected chi connectivity index (χ0v) is 16.4. The second-order valence-electron chi connectivity index (χ2n) is 6.79. The zero-order valence-electron chi connectivity index (χ0n) is 14.8. The molecule has 7 heteroatoms. The third-order valence-electron chi connectivity index (χ3n) is 4.70. The van der Waals surface area contributed by atoms with Gasteiger partial charge in [-0.05, 0) is 49.2 Å². The monoisotopic (exact) mass is 409 g/mol. The minimum absolute atomic E-state index is 0.0899. The number of rotatable bonds is 6. The minimum atomic E-state index is -0.0899. The molecule has 1 aliphatic carbocycles. The predicted molar refractivity (Wildman–Crippen MR) is 110 cm³/mol. The van der Waals surface area contributed by atoms with Crippen molar-refractivity contribution in [2.75, 3.05) is 5.75 Å². The third-order valence-corrected chi connectivity index (χ3v) is 5.86. The van der Waals surface area contributed by atoms with Crippen molar-refractivity contribution in [3.63, 3.8) is 0 Å². The summed E-state index contributed by atoms with van der Waals surface area (Å²) in [6.45, 7) is 0. The van der Waals surface area contributed by atoms with Crippen LogP contribution in [-0.2, 0) is 0 Å². The Morgan fingerprint density at radius 1 is 1.14 bits per heavy atom. The van der Waals surface area contributed by atoms with Crippen LogP contribution in [0.3, 0.4) is 0 Å². The number of thioether (sulfide) groups is 1. The molecule has 1 fully saturated rings. The van der Waals surface area contributed by atoms with Gasteiger partial charge in [-0.1, -0.05) is 41.6 Å². The van der Waals surface area contributed by atoms with Gasteiger partial charge in [0, 0.05) is 22.0 Å². The summed E-state index contributed by atoms with van der Waals surface area (Å²) >= 11 is 7.39. The van der Waals surface area contributed by atoms with Gasteiger partial charge in [0.05, 0.1) is 5.75 Å². The Bertz CT molecular complexity index is 1170. The lowest BCUT2D eigenvalue weighted by Crippen LogP contribution is -2.05. The highest BCUT2D eigenvalue weighted by molar-refractivity contribution is 7.99. The second kappa shape index (κ2) is 7.11. The molecule has 1 aliphatic rings. The van der Waals surface area contributed by atoms with Gasteiger partial charge in [0.2, 0.25) is 5.78 Å². The maximum atomic E-state index is 12.7. The highest BCUT2D eigenvalue weighted by Crippen LogP contribution is 2.41. The van der Waals surface area contributed by atoms with Crippen molar-refractivity contribution >= 4 is 40.1 Å². The van der Waals surface area contributed by atoms with Gasteiger partial charge in [0.25, 0.3) is 0 Å². The van der Waals surface area contributed by atoms with E-state index in [1.54, 1.807) is 24.3 Å². The average molecular weight is 410 g/mol. The lowest BCUT2D eigenvalue weighted by molar-refractivity contribution is 0.0994. The molecule has 0 N–H and O–H groups in total. The first-order valence-corrected chi connectivity index (χ1v) is 10.4. The van der Waals surface area contributed by atoms with E-state index in [4.69, 9.17) is 16.0 Å². The fraction of sp³-hybridized carbons (Fsp3) is 0.190. The Morgan fingerprint density at radius 3 is 2.75 bits per heavy atom. The molecule has 4 aromatic rings. The Kier molecular flexibility index (Phi) is 4.45. The topological polar surface area (TPSA) is 60.9 Å². The first-order valence-electron chi connectivity index (χ1n) is 9.05. The molecule has 140 valence electrons. The molecule has 0 unspecified atom stereocenters. The second-order valence-corrected chi connectivity index (χ2v) is 8.17. The van der Waals surface area contributed by atoms with Crippen LogP contribution in [0.4, 0.5) is 0 Å². The molecule has 5 rings (SSSR count). The van der Waals surface area contributed by atoms with E-state index in [9.17, 15) is 4.79 Å². The molecule has 0 radical (unpaired) electrons. The van der Waals surface area contributed by atoms with Crippen LogP contribution in [0.2, 0.25) is 5.02 Å². The van der Waals surface area contributed by atoms with Gasteiger partial charge in [-0.15, -0.1) is 10.2 Å². The van der Waals surface area contributed by atoms with Crippen LogP contribution in [-0.4, -0.2) is 26.3 Å². The van der Waals surface area contributed by atoms with Gasteiger partial charge in [-0.3, -0.25) is 9.36 Å². The molecule has 2 aromatic heterocycles. The van der Waals surface area contributed by atoms with Crippen molar-refractivity contribution in [2.24, 2.45) is 0 Å². The number of ketones is 1. The van der Waals surface area contributed by atoms with E-state index in [0.717, 1.165) is 34.9 Å². The van der Waals surface area contributed by atoms with Crippen molar-refractivity contribution < 1.29 is 9.21 Å². The first kappa shape index (κ1) is 17.5. The standard InChI is InChI=1S/C21H16ClN3O2S/c22-15-8-9-18-14(10-15)11-19(27-18)17(26)12-28-21-24-23-20(13-6-7-13)25(21)16-4-2-1-3-5-16/h1-5,8-11,13H,6-7,12H2. The van der Waals surface area contributed by atoms with Crippen LogP contribution in [0.5, 0.6) is 0 Å². The van der Waals surface area contributed by atoms with Crippen LogP contribution in [0.15, 0.2) is 64.2 Å². The van der Waals surface area contributed by atoms with Gasteiger partial charge in [-0.2, -0.15) is 0 Å². The van der Waals surface area contributed by atoms with Crippen molar-refractivity contribution in [1.82, 2.24) is 14.8 Å². The molecule has 0 bridgehead atoms. The number of carbonyl (C=O) groups is 1. The number of furan rings is 1. The van der Waals surface area contributed by atoms with Gasteiger partial charge in [0.1, 0.15) is 11.4 Å². The smallest absolute Gasteiger partial charge is 0.208 e. The third kappa shape index (κ3) is 3.34. The van der Waals surface area contributed by atoms with E-state index in [2.05, 4.69) is 14.8 Å². The van der Waals surface area contributed by atoms with Crippen molar-refractivity contribution in [2.45, 2.75) is 23.9 Å². The lowest BCUT2D eigenvalue weighted by Gasteiger charge is -2.09. The Balaban J connectivity index is 1.39. The maximum Gasteiger partial charge on any atom is 0.208 e. The molecule has 0 aliphatic heterocycles. The summed E-state index contributed by atoms with van der Waals surface area (Å²) in [4.78, 5) is 12.7. The van der Waals surface area contributed by atoms with E-state index in [1.807, 2.05) is 30.3 Å². The fourth-order valence-electron chi connectivity index (χ4n) is 3.15. The molecule has 28 heavy (non-hydrogen) atoms. The van der Waals surface area contributed by atoms with Crippen LogP contribution in [0.1, 0.15) is 35.1 Å². The van der Waals surface area contributed by atoms with E-state index in [0.29, 0.717) is 22.3 Å². The van der Waals surface area contributed by atoms with Gasteiger partial charge >= 0.3 is 0 Å². The maximum absolute atomic E-state index is 12.7. The van der Waals surface area contributed by atoms with Gasteiger partial charge in [0.15, 0.2) is 10.9 Å². The number of hydrogen-bond acceptors (Lipinski definition) is 5. The summed E-state index contributed by atoms with van der Waals surface area (Å²) in [6, 6.07) is 17.1. The molecule has 2 heterocycles. The molecular formula is C21H16ClN3O2S. The number of hydrogen-bond donors (Lipinski definition) is 0. The highest BCUT2D eigenvalue weighted by atomic mass is 35.5. The van der Waals surface area contributed by atoms with Gasteiger partial charge < -0.3 is 4.42 Å². The van der Waals surface area contributed by atoms with Gasteiger partial charge in [-0.25, -0.2) is 0 Å². The molecule has 0 saturated heterocycles. The first-order chi connectivity index (χ1) is 13.7. The predicted octanol–water partition coefficient (Wildman–Crippen LogP) is 5.52. The Labute approximate surface area is 170 Å². The number of carbonyl (C=O) groups excluding carboxylic acids is 1.